The van der Waals surface area contributed by atoms with E-state index in [1.165, 1.54) is 30.3 Å². The smallest absolute Gasteiger partial charge is 0.340 e. The SMILES string of the molecule is CC(C)(c1ccc(OS(=O)(=O)C2=C(N=[N+]=[N-])C(=O)C(=O)c3cccc(N=[N+]=[N-])c32)cc1)c1ccc(C(C)(c2ccc(O)cc2)c2ccc(O)cc2)cc1. The number of rotatable bonds is 10. The first-order valence-electron chi connectivity index (χ1n) is 16.0. The Morgan fingerprint density at radius 1 is 0.623 bits per heavy atom. The molecule has 1 aliphatic rings. The summed E-state index contributed by atoms with van der Waals surface area (Å²) >= 11 is 0. The van der Waals surface area contributed by atoms with Crippen LogP contribution in [0.25, 0.3) is 25.8 Å². The van der Waals surface area contributed by atoms with E-state index in [1.54, 1.807) is 36.4 Å². The van der Waals surface area contributed by atoms with Crippen molar-refractivity contribution in [3.63, 3.8) is 0 Å². The van der Waals surface area contributed by atoms with Crippen LogP contribution in [0.15, 0.2) is 131 Å². The number of azide groups is 2. The molecular weight excluding hydrogens is 697 g/mol. The Balaban J connectivity index is 1.33. The zero-order valence-electron chi connectivity index (χ0n) is 28.5. The summed E-state index contributed by atoms with van der Waals surface area (Å²) in [5.41, 5.74) is 19.5. The molecule has 5 aromatic rings. The molecule has 0 saturated carbocycles. The largest absolute Gasteiger partial charge is 0.508 e. The van der Waals surface area contributed by atoms with Crippen molar-refractivity contribution in [2.45, 2.75) is 31.6 Å². The zero-order chi connectivity index (χ0) is 38.1. The standard InChI is InChI=1S/C39H30N6O7S/c1-38(2,23-7-9-25(10-8-23)39(3,26-11-17-28(46)18-12-26)27-13-19-29(47)20-14-27)24-15-21-30(22-16-24)52-53(50,51)37-33-31(5-4-6-32(33)42-44-40)35(48)36(49)34(37)43-45-41/h4-22,46-47H,1-3H3. The predicted octanol–water partition coefficient (Wildman–Crippen LogP) is 8.87. The van der Waals surface area contributed by atoms with Gasteiger partial charge in [0.05, 0.1) is 0 Å². The molecule has 0 spiro atoms. The van der Waals surface area contributed by atoms with Crippen LogP contribution >= 0.6 is 0 Å². The molecule has 264 valence electrons. The van der Waals surface area contributed by atoms with Crippen molar-refractivity contribution in [1.29, 1.82) is 0 Å². The van der Waals surface area contributed by atoms with Gasteiger partial charge in [-0.15, -0.1) is 0 Å². The molecule has 0 unspecified atom stereocenters. The quantitative estimate of drug-likeness (QED) is 0.0355. The molecule has 13 nitrogen and oxygen atoms in total. The van der Waals surface area contributed by atoms with Crippen molar-refractivity contribution in [1.82, 2.24) is 0 Å². The van der Waals surface area contributed by atoms with Crippen LogP contribution in [0.3, 0.4) is 0 Å². The Bertz CT molecular complexity index is 2470. The van der Waals surface area contributed by atoms with Crippen molar-refractivity contribution in [3.8, 4) is 17.2 Å². The fourth-order valence-corrected chi connectivity index (χ4v) is 7.78. The summed E-state index contributed by atoms with van der Waals surface area (Å²) in [5, 5.41) is 26.6. The Morgan fingerprint density at radius 2 is 1.08 bits per heavy atom. The first-order chi connectivity index (χ1) is 25.2. The van der Waals surface area contributed by atoms with Gasteiger partial charge in [0.1, 0.15) is 27.9 Å². The number of carbonyl (C=O) groups excluding carboxylic acids is 2. The highest BCUT2D eigenvalue weighted by Gasteiger charge is 2.41. The highest BCUT2D eigenvalue weighted by atomic mass is 32.2. The summed E-state index contributed by atoms with van der Waals surface area (Å²) in [7, 11) is -4.96. The lowest BCUT2D eigenvalue weighted by atomic mass is 9.70. The maximum Gasteiger partial charge on any atom is 0.340 e. The van der Waals surface area contributed by atoms with Gasteiger partial charge in [0, 0.05) is 37.5 Å². The zero-order valence-corrected chi connectivity index (χ0v) is 29.3. The van der Waals surface area contributed by atoms with E-state index >= 15 is 0 Å². The van der Waals surface area contributed by atoms with Gasteiger partial charge in [-0.1, -0.05) is 103 Å². The number of hydrogen-bond acceptors (Lipinski definition) is 9. The average molecular weight is 727 g/mol. The summed E-state index contributed by atoms with van der Waals surface area (Å²) in [6.45, 7) is 6.08. The highest BCUT2D eigenvalue weighted by Crippen LogP contribution is 2.43. The Hall–Kier alpha value is -6.85. The molecule has 0 amide bonds. The topological polar surface area (TPSA) is 215 Å². The average Bonchev–Trinajstić information content (AvgIpc) is 3.14. The first kappa shape index (κ1) is 36.0. The second-order valence-corrected chi connectivity index (χ2v) is 14.4. The van der Waals surface area contributed by atoms with Crippen LogP contribution in [-0.4, -0.2) is 30.2 Å². The Morgan fingerprint density at radius 3 is 1.57 bits per heavy atom. The molecule has 53 heavy (non-hydrogen) atoms. The summed E-state index contributed by atoms with van der Waals surface area (Å²) in [6, 6.07) is 32.0. The highest BCUT2D eigenvalue weighted by molar-refractivity contribution is 7.96. The number of Topliss-reactive ketones (excluding diaryl/α,β-unsaturated/α-hetero) is 2. The molecule has 0 atom stereocenters. The Kier molecular flexibility index (Phi) is 9.29. The number of hydrogen-bond donors (Lipinski definition) is 2. The van der Waals surface area contributed by atoms with E-state index in [0.717, 1.165) is 27.8 Å². The van der Waals surface area contributed by atoms with Crippen molar-refractivity contribution < 1.29 is 32.4 Å². The molecule has 0 radical (unpaired) electrons. The lowest BCUT2D eigenvalue weighted by Crippen LogP contribution is -2.27. The number of fused-ring (bicyclic) bond motifs is 1. The van der Waals surface area contributed by atoms with Crippen molar-refractivity contribution in [2.24, 2.45) is 10.2 Å². The van der Waals surface area contributed by atoms with Crippen LogP contribution in [0.5, 0.6) is 17.2 Å². The van der Waals surface area contributed by atoms with Gasteiger partial charge in [-0.05, 0) is 82.2 Å². The van der Waals surface area contributed by atoms with E-state index in [0.29, 0.717) is 0 Å². The van der Waals surface area contributed by atoms with Gasteiger partial charge in [0.25, 0.3) is 0 Å². The number of benzene rings is 5. The number of carbonyl (C=O) groups is 2. The van der Waals surface area contributed by atoms with Crippen LogP contribution in [0.4, 0.5) is 5.69 Å². The number of phenolic OH excluding ortho intramolecular Hbond substituents is 2. The van der Waals surface area contributed by atoms with Crippen LogP contribution in [0, 0.1) is 0 Å². The van der Waals surface area contributed by atoms with Crippen molar-refractivity contribution in [3.05, 3.63) is 181 Å². The minimum Gasteiger partial charge on any atom is -0.508 e. The molecule has 0 saturated heterocycles. The van der Waals surface area contributed by atoms with E-state index < -0.39 is 48.7 Å². The molecule has 0 aromatic heterocycles. The number of ketones is 2. The van der Waals surface area contributed by atoms with E-state index in [1.807, 2.05) is 62.4 Å². The van der Waals surface area contributed by atoms with Crippen LogP contribution < -0.4 is 4.18 Å². The van der Waals surface area contributed by atoms with Gasteiger partial charge in [-0.3, -0.25) is 9.59 Å². The van der Waals surface area contributed by atoms with E-state index in [-0.39, 0.29) is 28.5 Å². The maximum absolute atomic E-state index is 13.8. The van der Waals surface area contributed by atoms with E-state index in [2.05, 4.69) is 27.0 Å². The molecule has 14 heteroatoms. The molecule has 0 bridgehead atoms. The van der Waals surface area contributed by atoms with Gasteiger partial charge in [0.15, 0.2) is 0 Å². The summed E-state index contributed by atoms with van der Waals surface area (Å²) < 4.78 is 33.0. The molecule has 0 aliphatic heterocycles. The van der Waals surface area contributed by atoms with Gasteiger partial charge in [-0.25, -0.2) is 0 Å². The lowest BCUT2D eigenvalue weighted by Gasteiger charge is -2.33. The van der Waals surface area contributed by atoms with Crippen LogP contribution in [0.2, 0.25) is 0 Å². The molecular formula is C39H30N6O7S. The summed E-state index contributed by atoms with van der Waals surface area (Å²) in [4.78, 5) is 30.0. The van der Waals surface area contributed by atoms with E-state index in [4.69, 9.17) is 15.2 Å². The third-order valence-electron chi connectivity index (χ3n) is 9.55. The second kappa shape index (κ2) is 13.7. The van der Waals surface area contributed by atoms with Crippen LogP contribution in [-0.2, 0) is 25.7 Å². The molecule has 5 aromatic carbocycles. The third kappa shape index (κ3) is 6.45. The monoisotopic (exact) mass is 726 g/mol. The number of phenols is 2. The number of allylic oxidation sites excluding steroid dienone is 1. The summed E-state index contributed by atoms with van der Waals surface area (Å²) in [5.74, 6) is -2.34. The van der Waals surface area contributed by atoms with Crippen molar-refractivity contribution in [2.75, 3.05) is 0 Å². The molecule has 6 rings (SSSR count). The third-order valence-corrected chi connectivity index (χ3v) is 10.9. The summed E-state index contributed by atoms with van der Waals surface area (Å²) in [6.07, 6.45) is 0. The minimum atomic E-state index is -4.96. The number of aromatic hydroxyl groups is 2. The predicted molar refractivity (Wildman–Crippen MR) is 197 cm³/mol. The van der Waals surface area contributed by atoms with Gasteiger partial charge in [-0.2, -0.15) is 8.42 Å². The normalized spacial score (nSPS) is 13.1. The molecule has 0 fully saturated rings. The van der Waals surface area contributed by atoms with Gasteiger partial charge in [0.2, 0.25) is 11.6 Å². The maximum atomic E-state index is 13.8. The second-order valence-electron chi connectivity index (χ2n) is 12.9. The molecule has 1 aliphatic carbocycles. The molecule has 2 N–H and O–H groups in total. The number of nitrogens with zero attached hydrogens (tertiary/aromatic N) is 6. The van der Waals surface area contributed by atoms with Gasteiger partial charge >= 0.3 is 10.1 Å². The fourth-order valence-electron chi connectivity index (χ4n) is 6.50. The van der Waals surface area contributed by atoms with Gasteiger partial charge < -0.3 is 14.4 Å². The van der Waals surface area contributed by atoms with Crippen molar-refractivity contribution >= 4 is 32.3 Å². The fraction of sp³-hybridized carbons (Fsp3) is 0.128. The minimum absolute atomic E-state index is 0.140. The van der Waals surface area contributed by atoms with Crippen LogP contribution in [0.1, 0.15) is 64.5 Å². The Labute approximate surface area is 303 Å². The lowest BCUT2D eigenvalue weighted by molar-refractivity contribution is -0.111. The first-order valence-corrected chi connectivity index (χ1v) is 17.4. The van der Waals surface area contributed by atoms with E-state index in [9.17, 15) is 28.2 Å². The molecule has 0 heterocycles.